The van der Waals surface area contributed by atoms with Gasteiger partial charge in [0.2, 0.25) is 5.91 Å². The van der Waals surface area contributed by atoms with Crippen molar-refractivity contribution >= 4 is 23.1 Å². The van der Waals surface area contributed by atoms with Crippen LogP contribution in [-0.2, 0) is 9.59 Å². The van der Waals surface area contributed by atoms with Crippen molar-refractivity contribution in [1.82, 2.24) is 0 Å². The predicted octanol–water partition coefficient (Wildman–Crippen LogP) is 0.446. The Balaban J connectivity index is 2.39. The van der Waals surface area contributed by atoms with E-state index in [4.69, 9.17) is 11.0 Å². The number of nitriles is 1. The molecule has 2 rings (SSSR count). The molecule has 0 aliphatic carbocycles. The lowest BCUT2D eigenvalue weighted by Crippen LogP contribution is -2.25. The fourth-order valence-corrected chi connectivity index (χ4v) is 1.67. The number of nitrogen functional groups attached to an aromatic ring is 1. The zero-order valence-electron chi connectivity index (χ0n) is 8.43. The lowest BCUT2D eigenvalue weighted by atomic mass is 10.2. The number of nitrogens with two attached hydrogens (primary N) is 1. The Kier molecular flexibility index (Phi) is 2.33. The first-order valence-corrected chi connectivity index (χ1v) is 4.73. The van der Waals surface area contributed by atoms with Crippen molar-refractivity contribution in [3.63, 3.8) is 0 Å². The second kappa shape index (κ2) is 3.66. The molecule has 2 N–H and O–H groups in total. The maximum Gasteiger partial charge on any atom is 0.234 e. The molecule has 0 radical (unpaired) electrons. The number of Topliss-reactive ketones (excluding diaryl/α,β-unsaturated/α-hetero) is 1. The Morgan fingerprint density at radius 3 is 2.62 bits per heavy atom. The van der Waals surface area contributed by atoms with Crippen molar-refractivity contribution in [3.05, 3.63) is 23.8 Å². The van der Waals surface area contributed by atoms with Gasteiger partial charge in [0, 0.05) is 0 Å². The van der Waals surface area contributed by atoms with Gasteiger partial charge in [0.15, 0.2) is 5.78 Å². The van der Waals surface area contributed by atoms with Crippen molar-refractivity contribution in [2.24, 2.45) is 0 Å². The molecule has 0 bridgehead atoms. The van der Waals surface area contributed by atoms with Gasteiger partial charge < -0.3 is 10.6 Å². The van der Waals surface area contributed by atoms with Crippen LogP contribution in [0.3, 0.4) is 0 Å². The largest absolute Gasteiger partial charge is 0.397 e. The monoisotopic (exact) mass is 215 g/mol. The average Bonchev–Trinajstić information content (AvgIpc) is 2.57. The summed E-state index contributed by atoms with van der Waals surface area (Å²) in [6.45, 7) is 0.0644. The van der Waals surface area contributed by atoms with Gasteiger partial charge in [-0.2, -0.15) is 5.26 Å². The molecule has 5 nitrogen and oxygen atoms in total. The molecule has 1 amide bonds. The molecule has 1 aliphatic heterocycles. The Morgan fingerprint density at radius 2 is 2.12 bits per heavy atom. The highest BCUT2D eigenvalue weighted by molar-refractivity contribution is 6.16. The summed E-state index contributed by atoms with van der Waals surface area (Å²) in [7, 11) is 0. The van der Waals surface area contributed by atoms with Crippen LogP contribution in [0.25, 0.3) is 0 Å². The van der Waals surface area contributed by atoms with Crippen LogP contribution in [0.1, 0.15) is 12.0 Å². The number of carbonyl (C=O) groups excluding carboxylic acids is 2. The van der Waals surface area contributed by atoms with Gasteiger partial charge in [-0.05, 0) is 18.2 Å². The Bertz CT molecular complexity index is 516. The lowest BCUT2D eigenvalue weighted by molar-refractivity contribution is -0.121. The number of rotatable bonds is 1. The Labute approximate surface area is 92.1 Å². The number of anilines is 2. The predicted molar refractivity (Wildman–Crippen MR) is 57.5 cm³/mol. The number of carbonyl (C=O) groups is 2. The average molecular weight is 215 g/mol. The minimum atomic E-state index is -0.249. The second-order valence-electron chi connectivity index (χ2n) is 3.58. The molecular formula is C11H9N3O2. The van der Waals surface area contributed by atoms with E-state index in [1.54, 1.807) is 12.1 Å². The second-order valence-corrected chi connectivity index (χ2v) is 3.58. The van der Waals surface area contributed by atoms with Gasteiger partial charge in [0.1, 0.15) is 0 Å². The number of benzene rings is 1. The summed E-state index contributed by atoms with van der Waals surface area (Å²) >= 11 is 0. The highest BCUT2D eigenvalue weighted by atomic mass is 16.2. The molecule has 0 aromatic heterocycles. The Hall–Kier alpha value is -2.35. The third-order valence-electron chi connectivity index (χ3n) is 2.43. The van der Waals surface area contributed by atoms with E-state index in [-0.39, 0.29) is 24.7 Å². The highest BCUT2D eigenvalue weighted by Crippen LogP contribution is 2.27. The minimum Gasteiger partial charge on any atom is -0.397 e. The molecule has 1 aromatic rings. The highest BCUT2D eigenvalue weighted by Gasteiger charge is 2.29. The van der Waals surface area contributed by atoms with Crippen LogP contribution in [-0.4, -0.2) is 18.2 Å². The summed E-state index contributed by atoms with van der Waals surface area (Å²) in [6.07, 6.45) is -0.0700. The van der Waals surface area contributed by atoms with Crippen LogP contribution in [0.4, 0.5) is 11.4 Å². The molecule has 1 fully saturated rings. The van der Waals surface area contributed by atoms with Gasteiger partial charge in [-0.1, -0.05) is 0 Å². The van der Waals surface area contributed by atoms with Gasteiger partial charge in [-0.15, -0.1) is 0 Å². The van der Waals surface area contributed by atoms with Crippen LogP contribution in [0.5, 0.6) is 0 Å². The van der Waals surface area contributed by atoms with Crippen molar-refractivity contribution in [3.8, 4) is 6.07 Å². The van der Waals surface area contributed by atoms with Gasteiger partial charge in [0.05, 0.1) is 36.0 Å². The summed E-state index contributed by atoms with van der Waals surface area (Å²) in [5.41, 5.74) is 6.99. The first-order chi connectivity index (χ1) is 7.61. The van der Waals surface area contributed by atoms with Crippen molar-refractivity contribution in [1.29, 1.82) is 5.26 Å². The maximum absolute atomic E-state index is 11.5. The third-order valence-corrected chi connectivity index (χ3v) is 2.43. The number of hydrogen-bond acceptors (Lipinski definition) is 4. The van der Waals surface area contributed by atoms with Crippen LogP contribution >= 0.6 is 0 Å². The molecule has 80 valence electrons. The molecule has 1 heterocycles. The molecule has 0 atom stereocenters. The van der Waals surface area contributed by atoms with Crippen molar-refractivity contribution in [2.75, 3.05) is 17.2 Å². The lowest BCUT2D eigenvalue weighted by Gasteiger charge is -2.16. The summed E-state index contributed by atoms with van der Waals surface area (Å²) in [6, 6.07) is 6.61. The zero-order valence-corrected chi connectivity index (χ0v) is 8.43. The SMILES string of the molecule is N#Cc1ccc(N2CC(=O)CC2=O)c(N)c1. The molecule has 0 saturated carbocycles. The van der Waals surface area contributed by atoms with E-state index in [2.05, 4.69) is 0 Å². The molecule has 1 aliphatic rings. The number of hydrogen-bond donors (Lipinski definition) is 1. The summed E-state index contributed by atoms with van der Waals surface area (Å²) in [4.78, 5) is 23.9. The van der Waals surface area contributed by atoms with E-state index < -0.39 is 0 Å². The smallest absolute Gasteiger partial charge is 0.234 e. The van der Waals surface area contributed by atoms with Crippen LogP contribution in [0.15, 0.2) is 18.2 Å². The van der Waals surface area contributed by atoms with E-state index in [0.29, 0.717) is 16.9 Å². The minimum absolute atomic E-state index is 0.0644. The van der Waals surface area contributed by atoms with E-state index in [0.717, 1.165) is 0 Å². The number of amides is 1. The van der Waals surface area contributed by atoms with Crippen LogP contribution < -0.4 is 10.6 Å². The Morgan fingerprint density at radius 1 is 1.38 bits per heavy atom. The van der Waals surface area contributed by atoms with E-state index >= 15 is 0 Å². The van der Waals surface area contributed by atoms with Gasteiger partial charge >= 0.3 is 0 Å². The summed E-state index contributed by atoms with van der Waals surface area (Å²) < 4.78 is 0. The summed E-state index contributed by atoms with van der Waals surface area (Å²) in [5, 5.41) is 8.67. The molecule has 5 heteroatoms. The number of ketones is 1. The maximum atomic E-state index is 11.5. The standard InChI is InChI=1S/C11H9N3O2/c12-5-7-1-2-10(9(13)3-7)14-6-8(15)4-11(14)16/h1-3H,4,6,13H2. The fourth-order valence-electron chi connectivity index (χ4n) is 1.67. The fraction of sp³-hybridized carbons (Fsp3) is 0.182. The third kappa shape index (κ3) is 1.61. The van der Waals surface area contributed by atoms with Crippen LogP contribution in [0, 0.1) is 11.3 Å². The van der Waals surface area contributed by atoms with E-state index in [1.807, 2.05) is 6.07 Å². The van der Waals surface area contributed by atoms with Crippen molar-refractivity contribution in [2.45, 2.75) is 6.42 Å². The zero-order chi connectivity index (χ0) is 11.7. The van der Waals surface area contributed by atoms with Gasteiger partial charge in [0.25, 0.3) is 0 Å². The molecule has 16 heavy (non-hydrogen) atoms. The van der Waals surface area contributed by atoms with Gasteiger partial charge in [-0.25, -0.2) is 0 Å². The van der Waals surface area contributed by atoms with Crippen molar-refractivity contribution < 1.29 is 9.59 Å². The first-order valence-electron chi connectivity index (χ1n) is 4.73. The topological polar surface area (TPSA) is 87.2 Å². The van der Waals surface area contributed by atoms with Crippen LogP contribution in [0.2, 0.25) is 0 Å². The summed E-state index contributed by atoms with van der Waals surface area (Å²) in [5.74, 6) is -0.366. The normalized spacial score (nSPS) is 15.3. The molecule has 0 unspecified atom stereocenters. The molecule has 0 spiro atoms. The molecular weight excluding hydrogens is 206 g/mol. The molecule has 1 aromatic carbocycles. The van der Waals surface area contributed by atoms with E-state index in [9.17, 15) is 9.59 Å². The quantitative estimate of drug-likeness (QED) is 0.544. The first kappa shape index (κ1) is 10.2. The molecule has 1 saturated heterocycles. The van der Waals surface area contributed by atoms with E-state index in [1.165, 1.54) is 11.0 Å². The number of nitrogens with zero attached hydrogens (tertiary/aromatic N) is 2. The van der Waals surface area contributed by atoms with Gasteiger partial charge in [-0.3, -0.25) is 9.59 Å².